The van der Waals surface area contributed by atoms with E-state index in [9.17, 15) is 0 Å². The summed E-state index contributed by atoms with van der Waals surface area (Å²) in [5, 5.41) is 3.14. The highest BCUT2D eigenvalue weighted by Gasteiger charge is 2.25. The van der Waals surface area contributed by atoms with Crippen LogP contribution in [0.3, 0.4) is 0 Å². The first-order valence-electron chi connectivity index (χ1n) is 9.11. The van der Waals surface area contributed by atoms with E-state index in [4.69, 9.17) is 0 Å². The summed E-state index contributed by atoms with van der Waals surface area (Å²) in [7, 11) is 1.96. The second-order valence-corrected chi connectivity index (χ2v) is 5.46. The molecule has 0 bridgehead atoms. The van der Waals surface area contributed by atoms with E-state index in [-0.39, 0.29) is 0 Å². The fourth-order valence-electron chi connectivity index (χ4n) is 3.08. The Balaban J connectivity index is 0.000000921. The van der Waals surface area contributed by atoms with Crippen molar-refractivity contribution in [1.82, 2.24) is 15.1 Å². The first kappa shape index (κ1) is 20.5. The molecular weight excluding hydrogens is 258 g/mol. The number of likely N-dealkylation sites (tertiary alicyclic amines) is 2. The molecular formula is C18H39N3. The summed E-state index contributed by atoms with van der Waals surface area (Å²) in [6, 6.07) is 0.856. The van der Waals surface area contributed by atoms with E-state index < -0.39 is 0 Å². The van der Waals surface area contributed by atoms with Crippen molar-refractivity contribution in [3.05, 3.63) is 12.3 Å². The van der Waals surface area contributed by atoms with Gasteiger partial charge in [0.15, 0.2) is 0 Å². The maximum Gasteiger partial charge on any atom is 0.0375 e. The molecule has 2 saturated heterocycles. The lowest BCUT2D eigenvalue weighted by atomic mass is 10.00. The van der Waals surface area contributed by atoms with Gasteiger partial charge in [-0.25, -0.2) is 0 Å². The number of likely N-dealkylation sites (N-methyl/N-ethyl adjacent to an activating group) is 1. The van der Waals surface area contributed by atoms with Crippen molar-refractivity contribution in [2.75, 3.05) is 39.8 Å². The summed E-state index contributed by atoms with van der Waals surface area (Å²) in [6.45, 7) is 18.2. The minimum absolute atomic E-state index is 0.856. The SMILES string of the molecule is C=C(CN1CCC(N2CCCCC2)CC1)NC.CC.CC. The van der Waals surface area contributed by atoms with Gasteiger partial charge < -0.3 is 10.2 Å². The van der Waals surface area contributed by atoms with Crippen LogP contribution in [-0.4, -0.2) is 55.6 Å². The summed E-state index contributed by atoms with van der Waals surface area (Å²) in [5.74, 6) is 0. The molecule has 3 nitrogen and oxygen atoms in total. The van der Waals surface area contributed by atoms with Crippen LogP contribution >= 0.6 is 0 Å². The van der Waals surface area contributed by atoms with Gasteiger partial charge in [-0.3, -0.25) is 4.90 Å². The normalized spacial score (nSPS) is 20.6. The van der Waals surface area contributed by atoms with Crippen LogP contribution in [-0.2, 0) is 0 Å². The fourth-order valence-corrected chi connectivity index (χ4v) is 3.08. The van der Waals surface area contributed by atoms with Gasteiger partial charge in [-0.15, -0.1) is 0 Å². The smallest absolute Gasteiger partial charge is 0.0375 e. The highest BCUT2D eigenvalue weighted by Crippen LogP contribution is 2.20. The van der Waals surface area contributed by atoms with Gasteiger partial charge in [0.2, 0.25) is 0 Å². The zero-order valence-corrected chi connectivity index (χ0v) is 15.2. The van der Waals surface area contributed by atoms with Crippen molar-refractivity contribution >= 4 is 0 Å². The van der Waals surface area contributed by atoms with Crippen LogP contribution in [0.4, 0.5) is 0 Å². The molecule has 0 atom stereocenters. The molecule has 0 aromatic heterocycles. The van der Waals surface area contributed by atoms with Crippen LogP contribution < -0.4 is 5.32 Å². The second-order valence-electron chi connectivity index (χ2n) is 5.46. The molecule has 1 N–H and O–H groups in total. The van der Waals surface area contributed by atoms with Crippen molar-refractivity contribution in [2.24, 2.45) is 0 Å². The number of nitrogens with one attached hydrogen (secondary N) is 1. The molecule has 3 heteroatoms. The molecule has 0 radical (unpaired) electrons. The van der Waals surface area contributed by atoms with E-state index in [2.05, 4.69) is 21.7 Å². The number of hydrogen-bond donors (Lipinski definition) is 1. The molecule has 2 aliphatic rings. The van der Waals surface area contributed by atoms with Crippen LogP contribution in [0.2, 0.25) is 0 Å². The minimum atomic E-state index is 0.856. The number of rotatable bonds is 4. The molecule has 21 heavy (non-hydrogen) atoms. The Morgan fingerprint density at radius 3 is 1.95 bits per heavy atom. The zero-order chi connectivity index (χ0) is 16.1. The predicted molar refractivity (Wildman–Crippen MR) is 95.8 cm³/mol. The molecule has 0 amide bonds. The lowest BCUT2D eigenvalue weighted by Crippen LogP contribution is -2.47. The van der Waals surface area contributed by atoms with Crippen molar-refractivity contribution in [1.29, 1.82) is 0 Å². The molecule has 0 aromatic rings. The lowest BCUT2D eigenvalue weighted by molar-refractivity contribution is 0.0959. The van der Waals surface area contributed by atoms with Gasteiger partial charge in [-0.1, -0.05) is 40.7 Å². The quantitative estimate of drug-likeness (QED) is 0.853. The molecule has 126 valence electrons. The number of hydrogen-bond acceptors (Lipinski definition) is 3. The highest BCUT2D eigenvalue weighted by atomic mass is 15.2. The second kappa shape index (κ2) is 13.1. The summed E-state index contributed by atoms with van der Waals surface area (Å²) >= 11 is 0. The summed E-state index contributed by atoms with van der Waals surface area (Å²) in [4.78, 5) is 5.26. The molecule has 0 aromatic carbocycles. The molecule has 2 rings (SSSR count). The Morgan fingerprint density at radius 2 is 1.48 bits per heavy atom. The van der Waals surface area contributed by atoms with E-state index in [1.54, 1.807) is 0 Å². The summed E-state index contributed by atoms with van der Waals surface area (Å²) in [5.41, 5.74) is 1.14. The fraction of sp³-hybridized carbons (Fsp3) is 0.889. The Bertz CT molecular complexity index is 239. The molecule has 0 saturated carbocycles. The Kier molecular flexibility index (Phi) is 12.8. The van der Waals surface area contributed by atoms with E-state index in [1.165, 1.54) is 58.3 Å². The van der Waals surface area contributed by atoms with Gasteiger partial charge in [-0.2, -0.15) is 0 Å². The van der Waals surface area contributed by atoms with E-state index in [0.29, 0.717) is 0 Å². The Hall–Kier alpha value is -0.540. The van der Waals surface area contributed by atoms with Gasteiger partial charge in [-0.05, 0) is 38.8 Å². The Morgan fingerprint density at radius 1 is 0.952 bits per heavy atom. The largest absolute Gasteiger partial charge is 0.391 e. The minimum Gasteiger partial charge on any atom is -0.391 e. The number of nitrogens with zero attached hydrogens (tertiary/aromatic N) is 2. The van der Waals surface area contributed by atoms with Gasteiger partial charge in [0.1, 0.15) is 0 Å². The van der Waals surface area contributed by atoms with Gasteiger partial charge in [0, 0.05) is 38.4 Å². The molecule has 2 fully saturated rings. The van der Waals surface area contributed by atoms with Gasteiger partial charge >= 0.3 is 0 Å². The number of piperidine rings is 2. The predicted octanol–water partition coefficient (Wildman–Crippen LogP) is 3.72. The summed E-state index contributed by atoms with van der Waals surface area (Å²) in [6.07, 6.45) is 6.96. The highest BCUT2D eigenvalue weighted by molar-refractivity contribution is 4.94. The van der Waals surface area contributed by atoms with E-state index in [0.717, 1.165) is 18.3 Å². The van der Waals surface area contributed by atoms with Gasteiger partial charge in [0.05, 0.1) is 0 Å². The van der Waals surface area contributed by atoms with Crippen molar-refractivity contribution in [3.8, 4) is 0 Å². The molecule has 0 aliphatic carbocycles. The van der Waals surface area contributed by atoms with Crippen LogP contribution in [0.1, 0.15) is 59.8 Å². The lowest BCUT2D eigenvalue weighted by Gasteiger charge is -2.40. The molecule has 2 heterocycles. The maximum absolute atomic E-state index is 4.01. The van der Waals surface area contributed by atoms with Crippen LogP contribution in [0.15, 0.2) is 12.3 Å². The van der Waals surface area contributed by atoms with E-state index >= 15 is 0 Å². The Labute approximate surface area is 133 Å². The van der Waals surface area contributed by atoms with Crippen LogP contribution in [0, 0.1) is 0 Å². The topological polar surface area (TPSA) is 18.5 Å². The van der Waals surface area contributed by atoms with Crippen molar-refractivity contribution in [3.63, 3.8) is 0 Å². The molecule has 0 unspecified atom stereocenters. The summed E-state index contributed by atoms with van der Waals surface area (Å²) < 4.78 is 0. The first-order valence-corrected chi connectivity index (χ1v) is 9.11. The standard InChI is InChI=1S/C14H27N3.2C2H6/c1-13(15-2)12-16-10-6-14(7-11-16)17-8-4-3-5-9-17;2*1-2/h14-15H,1,3-12H2,2H3;2*1-2H3. The van der Waals surface area contributed by atoms with Gasteiger partial charge in [0.25, 0.3) is 0 Å². The van der Waals surface area contributed by atoms with Crippen molar-refractivity contribution in [2.45, 2.75) is 65.8 Å². The third kappa shape index (κ3) is 7.87. The third-order valence-electron chi connectivity index (χ3n) is 4.23. The first-order chi connectivity index (χ1) is 10.3. The monoisotopic (exact) mass is 297 g/mol. The average Bonchev–Trinajstić information content (AvgIpc) is 2.60. The van der Waals surface area contributed by atoms with Crippen molar-refractivity contribution < 1.29 is 0 Å². The van der Waals surface area contributed by atoms with Crippen LogP contribution in [0.25, 0.3) is 0 Å². The third-order valence-corrected chi connectivity index (χ3v) is 4.23. The van der Waals surface area contributed by atoms with Crippen LogP contribution in [0.5, 0.6) is 0 Å². The zero-order valence-electron chi connectivity index (χ0n) is 15.2. The maximum atomic E-state index is 4.01. The molecule has 2 aliphatic heterocycles. The molecule has 0 spiro atoms. The van der Waals surface area contributed by atoms with E-state index in [1.807, 2.05) is 34.7 Å². The average molecular weight is 298 g/mol.